The molecule has 6 amide bonds. The van der Waals surface area contributed by atoms with Crippen LogP contribution in [0.1, 0.15) is 77.2 Å². The molecule has 0 aliphatic carbocycles. The Labute approximate surface area is 281 Å². The first-order chi connectivity index (χ1) is 22.5. The summed E-state index contributed by atoms with van der Waals surface area (Å²) in [6.45, 7) is 13.3. The van der Waals surface area contributed by atoms with Crippen LogP contribution >= 0.6 is 0 Å². The molecule has 0 heterocycles. The Balaban J connectivity index is 0. The van der Waals surface area contributed by atoms with Gasteiger partial charge < -0.3 is 42.2 Å². The van der Waals surface area contributed by atoms with E-state index in [1.54, 1.807) is 46.8 Å². The number of urea groups is 1. The number of anilines is 1. The van der Waals surface area contributed by atoms with Crippen LogP contribution in [0, 0.1) is 11.8 Å². The molecule has 0 aromatic heterocycles. The van der Waals surface area contributed by atoms with Crippen molar-refractivity contribution in [2.24, 2.45) is 17.6 Å². The standard InChI is InChI=1S/C24H37N5O7.C4H10N2O.C3H6O2/c1-7-25-11-19(30)28-21(14(2)3)23(33)26-12-20(31)27-17-9-8-16(13-36-24(34)15(4)5)18(10-17)22(32)29-35-6;1-2-3-6-4(5)7;1-2-3(4)5/h8-10,14-15,21,25H,7,11-13H2,1-6H3,(H,26,33)(H,27,31)(H,28,30)(H,29,32);2-3H2,1H3,(H3,5,6,7);2H2,1H3,(H,4,5). The number of amides is 6. The minimum absolute atomic E-state index is 0.0825. The molecular weight excluding hydrogens is 630 g/mol. The fraction of sp³-hybridized carbons (Fsp3) is 0.581. The Kier molecular flexibility index (Phi) is 24.9. The topological polar surface area (TPSA) is 256 Å². The number of hydroxylamine groups is 1. The normalized spacial score (nSPS) is 10.6. The number of carbonyl (C=O) groups excluding carboxylic acids is 6. The molecule has 1 atom stereocenters. The number of hydrogen-bond donors (Lipinski definition) is 8. The van der Waals surface area contributed by atoms with E-state index in [4.69, 9.17) is 15.6 Å². The van der Waals surface area contributed by atoms with E-state index < -0.39 is 41.7 Å². The van der Waals surface area contributed by atoms with Gasteiger partial charge >= 0.3 is 18.0 Å². The first kappa shape index (κ1) is 45.4. The number of hydrogen-bond acceptors (Lipinski definition) is 10. The molecule has 1 unspecified atom stereocenters. The molecular formula is C31H53N7O10. The summed E-state index contributed by atoms with van der Waals surface area (Å²) in [4.78, 5) is 85.1. The van der Waals surface area contributed by atoms with Crippen LogP contribution in [0.25, 0.3) is 0 Å². The van der Waals surface area contributed by atoms with Crippen molar-refractivity contribution in [2.75, 3.05) is 38.6 Å². The van der Waals surface area contributed by atoms with Gasteiger partial charge in [0.2, 0.25) is 17.7 Å². The third-order valence-electron chi connectivity index (χ3n) is 5.75. The molecule has 0 aliphatic heterocycles. The first-order valence-electron chi connectivity index (χ1n) is 15.5. The molecule has 9 N–H and O–H groups in total. The Morgan fingerprint density at radius 1 is 0.917 bits per heavy atom. The zero-order chi connectivity index (χ0) is 37.2. The summed E-state index contributed by atoms with van der Waals surface area (Å²) in [5, 5.41) is 20.8. The van der Waals surface area contributed by atoms with E-state index in [1.165, 1.54) is 13.2 Å². The van der Waals surface area contributed by atoms with E-state index in [1.807, 2.05) is 13.8 Å². The highest BCUT2D eigenvalue weighted by atomic mass is 16.6. The average molecular weight is 684 g/mol. The van der Waals surface area contributed by atoms with Crippen LogP contribution in [0.4, 0.5) is 10.5 Å². The highest BCUT2D eigenvalue weighted by Gasteiger charge is 2.24. The predicted molar refractivity (Wildman–Crippen MR) is 178 cm³/mol. The lowest BCUT2D eigenvalue weighted by molar-refractivity contribution is -0.148. The molecule has 0 bridgehead atoms. The molecule has 48 heavy (non-hydrogen) atoms. The number of benzene rings is 1. The van der Waals surface area contributed by atoms with Gasteiger partial charge in [0.15, 0.2) is 0 Å². The summed E-state index contributed by atoms with van der Waals surface area (Å²) in [6.07, 6.45) is 1.16. The molecule has 1 rings (SSSR count). The van der Waals surface area contributed by atoms with E-state index in [0.29, 0.717) is 18.7 Å². The third kappa shape index (κ3) is 21.9. The molecule has 1 aromatic rings. The van der Waals surface area contributed by atoms with Gasteiger partial charge in [-0.1, -0.05) is 54.5 Å². The van der Waals surface area contributed by atoms with Crippen LogP contribution in [0.2, 0.25) is 0 Å². The van der Waals surface area contributed by atoms with Gasteiger partial charge in [0.1, 0.15) is 12.6 Å². The Hall–Kier alpha value is -4.77. The van der Waals surface area contributed by atoms with Crippen molar-refractivity contribution in [3.8, 4) is 0 Å². The van der Waals surface area contributed by atoms with Gasteiger partial charge in [0, 0.05) is 24.2 Å². The fourth-order valence-corrected chi connectivity index (χ4v) is 3.18. The van der Waals surface area contributed by atoms with Crippen molar-refractivity contribution in [3.63, 3.8) is 0 Å². The maximum absolute atomic E-state index is 12.6. The number of nitrogens with two attached hydrogens (primary N) is 1. The number of carboxylic acids is 1. The largest absolute Gasteiger partial charge is 0.481 e. The molecule has 0 saturated heterocycles. The van der Waals surface area contributed by atoms with Gasteiger partial charge in [0.05, 0.1) is 31.7 Å². The average Bonchev–Trinajstić information content (AvgIpc) is 3.03. The molecule has 17 heteroatoms. The second kappa shape index (κ2) is 26.3. The van der Waals surface area contributed by atoms with Gasteiger partial charge in [-0.3, -0.25) is 33.6 Å². The summed E-state index contributed by atoms with van der Waals surface area (Å²) in [7, 11) is 1.28. The number of rotatable bonds is 17. The van der Waals surface area contributed by atoms with Crippen LogP contribution in [0.3, 0.4) is 0 Å². The highest BCUT2D eigenvalue weighted by molar-refractivity contribution is 5.99. The van der Waals surface area contributed by atoms with Gasteiger partial charge in [-0.2, -0.15) is 0 Å². The van der Waals surface area contributed by atoms with Crippen molar-refractivity contribution in [2.45, 2.75) is 74.0 Å². The van der Waals surface area contributed by atoms with Crippen molar-refractivity contribution in [1.29, 1.82) is 0 Å². The number of aliphatic carboxylic acids is 1. The van der Waals surface area contributed by atoms with Crippen molar-refractivity contribution < 1.29 is 48.2 Å². The van der Waals surface area contributed by atoms with E-state index in [2.05, 4.69) is 36.9 Å². The summed E-state index contributed by atoms with van der Waals surface area (Å²) >= 11 is 0. The molecule has 1 aromatic carbocycles. The molecule has 0 saturated carbocycles. The van der Waals surface area contributed by atoms with Crippen molar-refractivity contribution >= 4 is 47.3 Å². The lowest BCUT2D eigenvalue weighted by Crippen LogP contribution is -2.52. The predicted octanol–water partition coefficient (Wildman–Crippen LogP) is 1.03. The van der Waals surface area contributed by atoms with E-state index in [9.17, 15) is 33.6 Å². The number of primary amides is 1. The number of esters is 1. The van der Waals surface area contributed by atoms with E-state index >= 15 is 0 Å². The van der Waals surface area contributed by atoms with E-state index in [-0.39, 0.29) is 55.1 Å². The van der Waals surface area contributed by atoms with Crippen LogP contribution in [-0.4, -0.2) is 86.0 Å². The van der Waals surface area contributed by atoms with Crippen LogP contribution in [0.5, 0.6) is 0 Å². The summed E-state index contributed by atoms with van der Waals surface area (Å²) in [5.41, 5.74) is 7.76. The second-order valence-corrected chi connectivity index (χ2v) is 10.6. The minimum Gasteiger partial charge on any atom is -0.481 e. The lowest BCUT2D eigenvalue weighted by atomic mass is 10.0. The van der Waals surface area contributed by atoms with Gasteiger partial charge in [-0.15, -0.1) is 0 Å². The molecule has 0 fully saturated rings. The smallest absolute Gasteiger partial charge is 0.312 e. The maximum atomic E-state index is 12.6. The minimum atomic E-state index is -0.805. The Morgan fingerprint density at radius 2 is 1.54 bits per heavy atom. The highest BCUT2D eigenvalue weighted by Crippen LogP contribution is 2.18. The zero-order valence-electron chi connectivity index (χ0n) is 29.1. The molecule has 17 nitrogen and oxygen atoms in total. The van der Waals surface area contributed by atoms with Gasteiger partial charge in [-0.25, -0.2) is 10.3 Å². The Morgan fingerprint density at radius 3 is 2.00 bits per heavy atom. The Bertz CT molecular complexity index is 1190. The fourth-order valence-electron chi connectivity index (χ4n) is 3.18. The van der Waals surface area contributed by atoms with Gasteiger partial charge in [-0.05, 0) is 31.0 Å². The summed E-state index contributed by atoms with van der Waals surface area (Å²) < 4.78 is 5.21. The SMILES string of the molecule is CCC(=O)O.CCCNC(N)=O.CCNCC(=O)NC(C(=O)NCC(=O)Nc1ccc(COC(=O)C(C)C)c(C(=O)NOC)c1)C(C)C. The van der Waals surface area contributed by atoms with E-state index in [0.717, 1.165) is 6.42 Å². The zero-order valence-corrected chi connectivity index (χ0v) is 29.1. The second-order valence-electron chi connectivity index (χ2n) is 10.6. The summed E-state index contributed by atoms with van der Waals surface area (Å²) in [5.74, 6) is -3.63. The molecule has 272 valence electrons. The van der Waals surface area contributed by atoms with Crippen molar-refractivity contribution in [1.82, 2.24) is 26.7 Å². The molecule has 0 aliphatic rings. The van der Waals surface area contributed by atoms with Crippen LogP contribution < -0.4 is 37.8 Å². The van der Waals surface area contributed by atoms with Crippen LogP contribution in [-0.2, 0) is 40.2 Å². The first-order valence-corrected chi connectivity index (χ1v) is 15.5. The number of carboxylic acid groups (broad SMARTS) is 1. The van der Waals surface area contributed by atoms with Crippen molar-refractivity contribution in [3.05, 3.63) is 29.3 Å². The molecule has 0 spiro atoms. The third-order valence-corrected chi connectivity index (χ3v) is 5.75. The number of carbonyl (C=O) groups is 7. The van der Waals surface area contributed by atoms with Gasteiger partial charge in [0.25, 0.3) is 5.91 Å². The maximum Gasteiger partial charge on any atom is 0.312 e. The number of ether oxygens (including phenoxy) is 1. The monoisotopic (exact) mass is 683 g/mol. The van der Waals surface area contributed by atoms with Crippen LogP contribution in [0.15, 0.2) is 18.2 Å². The molecule has 0 radical (unpaired) electrons. The number of likely N-dealkylation sites (N-methyl/N-ethyl adjacent to an activating group) is 1. The lowest BCUT2D eigenvalue weighted by Gasteiger charge is -2.21. The summed E-state index contributed by atoms with van der Waals surface area (Å²) in [6, 6.07) is 3.24. The number of nitrogens with one attached hydrogen (secondary N) is 6. The quantitative estimate of drug-likeness (QED) is 0.0850.